The maximum atomic E-state index is 12.0. The number of allylic oxidation sites excluding steroid dienone is 1. The average molecular weight is 295 g/mol. The number of phenols is 1. The molecule has 0 spiro atoms. The summed E-state index contributed by atoms with van der Waals surface area (Å²) >= 11 is 0. The largest absolute Gasteiger partial charge is 0.508 e. The van der Waals surface area contributed by atoms with Gasteiger partial charge < -0.3 is 10.0 Å². The molecule has 1 saturated heterocycles. The predicted octanol–water partition coefficient (Wildman–Crippen LogP) is 2.68. The Morgan fingerprint density at radius 2 is 1.91 bits per heavy atom. The summed E-state index contributed by atoms with van der Waals surface area (Å²) in [6.45, 7) is 2.01. The lowest BCUT2D eigenvalue weighted by atomic mass is 10.1. The van der Waals surface area contributed by atoms with Gasteiger partial charge in [0.2, 0.25) is 5.95 Å². The number of ketones is 1. The molecule has 0 atom stereocenters. The third kappa shape index (κ3) is 3.31. The van der Waals surface area contributed by atoms with Crippen LogP contribution in [-0.4, -0.2) is 33.9 Å². The Bertz CT molecular complexity index is 689. The first-order valence-electron chi connectivity index (χ1n) is 7.31. The number of phenolic OH excluding ortho intramolecular Hbond substituents is 1. The molecule has 1 aliphatic heterocycles. The minimum Gasteiger partial charge on any atom is -0.508 e. The highest BCUT2D eigenvalue weighted by atomic mass is 16.3. The zero-order valence-corrected chi connectivity index (χ0v) is 12.1. The van der Waals surface area contributed by atoms with Crippen molar-refractivity contribution >= 4 is 17.8 Å². The molecule has 1 aromatic carbocycles. The molecule has 1 aliphatic rings. The number of nitrogens with zero attached hydrogens (tertiary/aromatic N) is 3. The molecule has 0 bridgehead atoms. The van der Waals surface area contributed by atoms with Crippen LogP contribution in [0.4, 0.5) is 5.95 Å². The van der Waals surface area contributed by atoms with Crippen LogP contribution in [0.3, 0.4) is 0 Å². The molecule has 2 aromatic rings. The summed E-state index contributed by atoms with van der Waals surface area (Å²) < 4.78 is 0. The van der Waals surface area contributed by atoms with Gasteiger partial charge in [-0.1, -0.05) is 12.1 Å². The van der Waals surface area contributed by atoms with Gasteiger partial charge >= 0.3 is 0 Å². The molecule has 0 radical (unpaired) electrons. The van der Waals surface area contributed by atoms with Gasteiger partial charge in [-0.2, -0.15) is 0 Å². The summed E-state index contributed by atoms with van der Waals surface area (Å²) in [5, 5.41) is 9.38. The lowest BCUT2D eigenvalue weighted by Crippen LogP contribution is -2.20. The van der Waals surface area contributed by atoms with Gasteiger partial charge in [0.05, 0.1) is 0 Å². The predicted molar refractivity (Wildman–Crippen MR) is 85.0 cm³/mol. The molecule has 0 aliphatic carbocycles. The Kier molecular flexibility index (Phi) is 4.14. The Hall–Kier alpha value is -2.69. The van der Waals surface area contributed by atoms with Crippen molar-refractivity contribution in [3.63, 3.8) is 0 Å². The Morgan fingerprint density at radius 3 is 2.59 bits per heavy atom. The SMILES string of the molecule is O=C(C=Cc1cnc(N2CCCC2)nc1)c1cccc(O)c1. The van der Waals surface area contributed by atoms with E-state index in [1.165, 1.54) is 31.1 Å². The fourth-order valence-electron chi connectivity index (χ4n) is 2.43. The lowest BCUT2D eigenvalue weighted by Gasteiger charge is -2.14. The molecule has 1 N–H and O–H groups in total. The number of hydrogen-bond donors (Lipinski definition) is 1. The van der Waals surface area contributed by atoms with E-state index in [1.54, 1.807) is 30.6 Å². The van der Waals surface area contributed by atoms with Gasteiger partial charge in [-0.05, 0) is 37.1 Å². The molecule has 5 nitrogen and oxygen atoms in total. The molecule has 22 heavy (non-hydrogen) atoms. The third-order valence-electron chi connectivity index (χ3n) is 3.60. The maximum absolute atomic E-state index is 12.0. The van der Waals surface area contributed by atoms with Gasteiger partial charge in [0.15, 0.2) is 5.78 Å². The number of carbonyl (C=O) groups is 1. The maximum Gasteiger partial charge on any atom is 0.225 e. The normalized spacial score (nSPS) is 14.6. The number of anilines is 1. The molecule has 3 rings (SSSR count). The van der Waals surface area contributed by atoms with E-state index in [9.17, 15) is 9.90 Å². The minimum atomic E-state index is -0.167. The molecular formula is C17H17N3O2. The van der Waals surface area contributed by atoms with Crippen LogP contribution in [0, 0.1) is 0 Å². The molecule has 5 heteroatoms. The van der Waals surface area contributed by atoms with Crippen molar-refractivity contribution < 1.29 is 9.90 Å². The molecule has 1 fully saturated rings. The molecule has 0 saturated carbocycles. The van der Waals surface area contributed by atoms with E-state index < -0.39 is 0 Å². The standard InChI is InChI=1S/C17H17N3O2/c21-15-5-3-4-14(10-15)16(22)7-6-13-11-18-17(19-12-13)20-8-1-2-9-20/h3-7,10-12,21H,1-2,8-9H2. The van der Waals surface area contributed by atoms with Crippen LogP contribution in [0.25, 0.3) is 6.08 Å². The van der Waals surface area contributed by atoms with Crippen LogP contribution < -0.4 is 4.90 Å². The summed E-state index contributed by atoms with van der Waals surface area (Å²) in [7, 11) is 0. The molecule has 112 valence electrons. The fraction of sp³-hybridized carbons (Fsp3) is 0.235. The first kappa shape index (κ1) is 14.3. The smallest absolute Gasteiger partial charge is 0.225 e. The Morgan fingerprint density at radius 1 is 1.18 bits per heavy atom. The zero-order chi connectivity index (χ0) is 15.4. The molecule has 2 heterocycles. The van der Waals surface area contributed by atoms with Gasteiger partial charge in [-0.15, -0.1) is 0 Å². The van der Waals surface area contributed by atoms with Crippen molar-refractivity contribution in [3.8, 4) is 5.75 Å². The van der Waals surface area contributed by atoms with Gasteiger partial charge in [-0.25, -0.2) is 9.97 Å². The number of hydrogen-bond acceptors (Lipinski definition) is 5. The van der Waals surface area contributed by atoms with Crippen molar-refractivity contribution in [2.24, 2.45) is 0 Å². The summed E-state index contributed by atoms with van der Waals surface area (Å²) in [6.07, 6.45) is 8.94. The van der Waals surface area contributed by atoms with Crippen molar-refractivity contribution in [2.45, 2.75) is 12.8 Å². The third-order valence-corrected chi connectivity index (χ3v) is 3.60. The van der Waals surface area contributed by atoms with E-state index in [4.69, 9.17) is 0 Å². The van der Waals surface area contributed by atoms with E-state index in [0.29, 0.717) is 5.56 Å². The summed E-state index contributed by atoms with van der Waals surface area (Å²) in [4.78, 5) is 22.8. The molecule has 0 unspecified atom stereocenters. The van der Waals surface area contributed by atoms with Crippen LogP contribution >= 0.6 is 0 Å². The van der Waals surface area contributed by atoms with Gasteiger partial charge in [0.25, 0.3) is 0 Å². The van der Waals surface area contributed by atoms with Crippen LogP contribution in [-0.2, 0) is 0 Å². The molecule has 1 aromatic heterocycles. The number of carbonyl (C=O) groups excluding carboxylic acids is 1. The zero-order valence-electron chi connectivity index (χ0n) is 12.1. The molecule has 0 amide bonds. The van der Waals surface area contributed by atoms with Crippen LogP contribution in [0.1, 0.15) is 28.8 Å². The summed E-state index contributed by atoms with van der Waals surface area (Å²) in [5.41, 5.74) is 1.22. The highest BCUT2D eigenvalue weighted by molar-refractivity contribution is 6.06. The molecular weight excluding hydrogens is 278 g/mol. The van der Waals surface area contributed by atoms with E-state index >= 15 is 0 Å². The van der Waals surface area contributed by atoms with Crippen molar-refractivity contribution in [1.82, 2.24) is 9.97 Å². The van der Waals surface area contributed by atoms with E-state index in [0.717, 1.165) is 24.6 Å². The first-order chi connectivity index (χ1) is 10.7. The quantitative estimate of drug-likeness (QED) is 0.694. The van der Waals surface area contributed by atoms with E-state index in [1.807, 2.05) is 0 Å². The topological polar surface area (TPSA) is 66.3 Å². The number of benzene rings is 1. The van der Waals surface area contributed by atoms with Gasteiger partial charge in [-0.3, -0.25) is 4.79 Å². The number of rotatable bonds is 4. The van der Waals surface area contributed by atoms with Crippen molar-refractivity contribution in [3.05, 3.63) is 53.9 Å². The summed E-state index contributed by atoms with van der Waals surface area (Å²) in [5.74, 6) is 0.658. The van der Waals surface area contributed by atoms with Crippen LogP contribution in [0.15, 0.2) is 42.7 Å². The second-order valence-corrected chi connectivity index (χ2v) is 5.26. The second kappa shape index (κ2) is 6.39. The number of aromatic nitrogens is 2. The van der Waals surface area contributed by atoms with Crippen molar-refractivity contribution in [2.75, 3.05) is 18.0 Å². The first-order valence-corrected chi connectivity index (χ1v) is 7.31. The van der Waals surface area contributed by atoms with Crippen molar-refractivity contribution in [1.29, 1.82) is 0 Å². The highest BCUT2D eigenvalue weighted by Crippen LogP contribution is 2.16. The summed E-state index contributed by atoms with van der Waals surface area (Å²) in [6, 6.07) is 6.29. The lowest BCUT2D eigenvalue weighted by molar-refractivity contribution is 0.104. The van der Waals surface area contributed by atoms with Gasteiger partial charge in [0.1, 0.15) is 5.75 Å². The average Bonchev–Trinajstić information content (AvgIpc) is 3.07. The monoisotopic (exact) mass is 295 g/mol. The Labute approximate surface area is 129 Å². The van der Waals surface area contributed by atoms with Crippen LogP contribution in [0.2, 0.25) is 0 Å². The van der Waals surface area contributed by atoms with E-state index in [-0.39, 0.29) is 11.5 Å². The van der Waals surface area contributed by atoms with E-state index in [2.05, 4.69) is 14.9 Å². The second-order valence-electron chi connectivity index (χ2n) is 5.26. The fourth-order valence-corrected chi connectivity index (χ4v) is 2.43. The highest BCUT2D eigenvalue weighted by Gasteiger charge is 2.14. The van der Waals surface area contributed by atoms with Gasteiger partial charge in [0, 0.05) is 36.6 Å². The Balaban J connectivity index is 1.68. The number of aromatic hydroxyl groups is 1. The van der Waals surface area contributed by atoms with Crippen LogP contribution in [0.5, 0.6) is 5.75 Å². The minimum absolute atomic E-state index is 0.0811.